The molecule has 84 valence electrons. The van der Waals surface area contributed by atoms with E-state index in [0.29, 0.717) is 0 Å². The second-order valence-corrected chi connectivity index (χ2v) is 5.38. The van der Waals surface area contributed by atoms with Gasteiger partial charge in [-0.05, 0) is 5.92 Å². The molecule has 0 aliphatic carbocycles. The van der Waals surface area contributed by atoms with Crippen LogP contribution in [-0.2, 0) is 15.0 Å². The Bertz CT molecular complexity index is 297. The van der Waals surface area contributed by atoms with E-state index in [1.54, 1.807) is 13.8 Å². The van der Waals surface area contributed by atoms with Crippen LogP contribution in [0.4, 0.5) is 0 Å². The molecule has 0 aliphatic heterocycles. The molecule has 0 rings (SSSR count). The Balaban J connectivity index is 4.71. The Kier molecular flexibility index (Phi) is 4.50. The Labute approximate surface area is 84.1 Å². The maximum Gasteiger partial charge on any atom is 0.322 e. The van der Waals surface area contributed by atoms with Gasteiger partial charge in [-0.15, -0.1) is 0 Å². The van der Waals surface area contributed by atoms with Gasteiger partial charge >= 0.3 is 5.97 Å². The molecular weight excluding hydrogens is 208 g/mol. The first-order valence-corrected chi connectivity index (χ1v) is 5.55. The molecule has 7 heteroatoms. The molecule has 0 spiro atoms. The van der Waals surface area contributed by atoms with Crippen molar-refractivity contribution in [2.24, 2.45) is 5.92 Å². The fourth-order valence-electron chi connectivity index (χ4n) is 0.738. The average molecular weight is 224 g/mol. The molecule has 0 radical (unpaired) electrons. The van der Waals surface area contributed by atoms with Crippen LogP contribution >= 0.6 is 0 Å². The van der Waals surface area contributed by atoms with Crippen LogP contribution in [0.25, 0.3) is 0 Å². The number of nitrogens with zero attached hydrogens (tertiary/aromatic N) is 1. The van der Waals surface area contributed by atoms with Gasteiger partial charge in [0.15, 0.2) is 0 Å². The Morgan fingerprint density at radius 1 is 1.36 bits per heavy atom. The van der Waals surface area contributed by atoms with Crippen molar-refractivity contribution >= 4 is 16.2 Å². The molecule has 0 aromatic carbocycles. The van der Waals surface area contributed by atoms with E-state index < -0.39 is 22.2 Å². The molecule has 0 aromatic rings. The first-order chi connectivity index (χ1) is 6.18. The topological polar surface area (TPSA) is 86.7 Å². The largest absolute Gasteiger partial charge is 0.480 e. The minimum absolute atomic E-state index is 0.303. The van der Waals surface area contributed by atoms with Gasteiger partial charge < -0.3 is 5.11 Å². The van der Waals surface area contributed by atoms with Gasteiger partial charge in [-0.25, -0.2) is 0 Å². The van der Waals surface area contributed by atoms with E-state index in [1.165, 1.54) is 14.1 Å². The summed E-state index contributed by atoms with van der Waals surface area (Å²) in [6.45, 7) is 3.27. The lowest BCUT2D eigenvalue weighted by atomic mass is 10.1. The first kappa shape index (κ1) is 13.3. The number of rotatable bonds is 5. The Morgan fingerprint density at radius 3 is 2.00 bits per heavy atom. The highest BCUT2D eigenvalue weighted by atomic mass is 32.2. The van der Waals surface area contributed by atoms with E-state index in [0.717, 1.165) is 4.31 Å². The molecule has 2 N–H and O–H groups in total. The molecule has 0 aliphatic rings. The van der Waals surface area contributed by atoms with Crippen LogP contribution in [0.2, 0.25) is 0 Å². The van der Waals surface area contributed by atoms with Gasteiger partial charge in [0.1, 0.15) is 6.04 Å². The third kappa shape index (κ3) is 3.60. The molecule has 0 saturated carbocycles. The molecule has 0 unspecified atom stereocenters. The summed E-state index contributed by atoms with van der Waals surface area (Å²) in [5.41, 5.74) is 0. The summed E-state index contributed by atoms with van der Waals surface area (Å²) in [7, 11) is -1.02. The van der Waals surface area contributed by atoms with Crippen LogP contribution in [0.1, 0.15) is 13.8 Å². The number of nitrogens with one attached hydrogen (secondary N) is 1. The molecule has 0 aromatic heterocycles. The van der Waals surface area contributed by atoms with Crippen molar-refractivity contribution in [2.75, 3.05) is 14.1 Å². The van der Waals surface area contributed by atoms with Crippen LogP contribution in [0.5, 0.6) is 0 Å². The molecule has 0 heterocycles. The molecular formula is C7H16N2O4S. The molecule has 14 heavy (non-hydrogen) atoms. The maximum absolute atomic E-state index is 11.3. The summed E-state index contributed by atoms with van der Waals surface area (Å²) < 4.78 is 25.6. The van der Waals surface area contributed by atoms with E-state index in [2.05, 4.69) is 4.72 Å². The Hall–Kier alpha value is -0.660. The van der Waals surface area contributed by atoms with Gasteiger partial charge in [0.2, 0.25) is 0 Å². The number of aliphatic carboxylic acids is 1. The predicted molar refractivity (Wildman–Crippen MR) is 52.0 cm³/mol. The van der Waals surface area contributed by atoms with Crippen LogP contribution in [0, 0.1) is 5.92 Å². The minimum Gasteiger partial charge on any atom is -0.480 e. The highest BCUT2D eigenvalue weighted by molar-refractivity contribution is 7.87. The van der Waals surface area contributed by atoms with Crippen molar-refractivity contribution in [3.8, 4) is 0 Å². The summed E-state index contributed by atoms with van der Waals surface area (Å²) in [4.78, 5) is 10.7. The normalized spacial score (nSPS) is 14.7. The fraction of sp³-hybridized carbons (Fsp3) is 0.857. The average Bonchev–Trinajstić information content (AvgIpc) is 1.98. The predicted octanol–water partition coefficient (Wildman–Crippen LogP) is -0.508. The SMILES string of the molecule is CC(C)[C@@H](NS(=O)(=O)N(C)C)C(=O)O. The second kappa shape index (κ2) is 4.72. The zero-order valence-electron chi connectivity index (χ0n) is 8.68. The van der Waals surface area contributed by atoms with E-state index >= 15 is 0 Å². The number of carboxylic acids is 1. The van der Waals surface area contributed by atoms with Crippen molar-refractivity contribution < 1.29 is 18.3 Å². The summed E-state index contributed by atoms with van der Waals surface area (Å²) in [6, 6.07) is -1.10. The molecule has 0 saturated heterocycles. The molecule has 0 amide bonds. The smallest absolute Gasteiger partial charge is 0.322 e. The molecule has 0 fully saturated rings. The quantitative estimate of drug-likeness (QED) is 0.658. The molecule has 6 nitrogen and oxygen atoms in total. The zero-order chi connectivity index (χ0) is 11.5. The summed E-state index contributed by atoms with van der Waals surface area (Å²) in [5.74, 6) is -1.48. The van der Waals surface area contributed by atoms with Gasteiger partial charge in [-0.3, -0.25) is 4.79 Å². The lowest BCUT2D eigenvalue weighted by molar-refractivity contribution is -0.140. The van der Waals surface area contributed by atoms with Crippen molar-refractivity contribution in [2.45, 2.75) is 19.9 Å². The van der Waals surface area contributed by atoms with Crippen molar-refractivity contribution in [1.29, 1.82) is 0 Å². The lowest BCUT2D eigenvalue weighted by Gasteiger charge is -2.20. The van der Waals surface area contributed by atoms with Crippen molar-refractivity contribution in [3.63, 3.8) is 0 Å². The van der Waals surface area contributed by atoms with Crippen LogP contribution in [0.3, 0.4) is 0 Å². The third-order valence-electron chi connectivity index (χ3n) is 1.69. The number of hydrogen-bond acceptors (Lipinski definition) is 3. The van der Waals surface area contributed by atoms with Crippen LogP contribution in [-0.4, -0.2) is 43.9 Å². The molecule has 1 atom stereocenters. The van der Waals surface area contributed by atoms with Crippen molar-refractivity contribution in [1.82, 2.24) is 9.03 Å². The van der Waals surface area contributed by atoms with E-state index in [9.17, 15) is 13.2 Å². The lowest BCUT2D eigenvalue weighted by Crippen LogP contribution is -2.48. The first-order valence-electron chi connectivity index (χ1n) is 4.11. The number of carbonyl (C=O) groups is 1. The van der Waals surface area contributed by atoms with Gasteiger partial charge in [-0.1, -0.05) is 13.8 Å². The summed E-state index contributed by atoms with van der Waals surface area (Å²) >= 11 is 0. The third-order valence-corrected chi connectivity index (χ3v) is 3.20. The highest BCUT2D eigenvalue weighted by Gasteiger charge is 2.27. The van der Waals surface area contributed by atoms with Gasteiger partial charge in [0, 0.05) is 14.1 Å². The highest BCUT2D eigenvalue weighted by Crippen LogP contribution is 2.04. The van der Waals surface area contributed by atoms with Gasteiger partial charge in [0.05, 0.1) is 0 Å². The zero-order valence-corrected chi connectivity index (χ0v) is 9.50. The summed E-state index contributed by atoms with van der Waals surface area (Å²) in [5, 5.41) is 8.74. The molecule has 0 bridgehead atoms. The Morgan fingerprint density at radius 2 is 1.79 bits per heavy atom. The minimum atomic E-state index is -3.68. The van der Waals surface area contributed by atoms with E-state index in [4.69, 9.17) is 5.11 Å². The number of hydrogen-bond donors (Lipinski definition) is 2. The van der Waals surface area contributed by atoms with Crippen LogP contribution in [0.15, 0.2) is 0 Å². The maximum atomic E-state index is 11.3. The second-order valence-electron chi connectivity index (χ2n) is 3.47. The van der Waals surface area contributed by atoms with Gasteiger partial charge in [-0.2, -0.15) is 17.4 Å². The number of carboxylic acid groups (broad SMARTS) is 1. The van der Waals surface area contributed by atoms with E-state index in [-0.39, 0.29) is 5.92 Å². The van der Waals surface area contributed by atoms with Crippen molar-refractivity contribution in [3.05, 3.63) is 0 Å². The van der Waals surface area contributed by atoms with E-state index in [1.807, 2.05) is 0 Å². The standard InChI is InChI=1S/C7H16N2O4S/c1-5(2)6(7(10)11)8-14(12,13)9(3)4/h5-6,8H,1-4H3,(H,10,11)/t6-/m1/s1. The van der Waals surface area contributed by atoms with Crippen LogP contribution < -0.4 is 4.72 Å². The fourth-order valence-corrected chi connectivity index (χ4v) is 1.64. The summed E-state index contributed by atoms with van der Waals surface area (Å²) in [6.07, 6.45) is 0. The van der Waals surface area contributed by atoms with Gasteiger partial charge in [0.25, 0.3) is 10.2 Å². The monoisotopic (exact) mass is 224 g/mol.